The Labute approximate surface area is 116 Å². The molecule has 0 aromatic heterocycles. The van der Waals surface area contributed by atoms with E-state index in [2.05, 4.69) is 24.3 Å². The minimum Gasteiger partial charge on any atom is -0.390 e. The Hall–Kier alpha value is -0.860. The maximum absolute atomic E-state index is 10.5. The Morgan fingerprint density at radius 1 is 1.37 bits per heavy atom. The third-order valence-corrected chi connectivity index (χ3v) is 4.32. The Morgan fingerprint density at radius 2 is 2.11 bits per heavy atom. The molecule has 2 atom stereocenters. The standard InChI is InChI=1S/C17H26O2/c1-4-19-17(2,3)16(18)12-14-10-7-9-13-8-5-6-11-15(13)14/h5-6,8,11,14,16,18H,4,7,9-10,12H2,1-3H3. The molecule has 0 bridgehead atoms. The predicted octanol–water partition coefficient (Wildman–Crippen LogP) is 3.67. The lowest BCUT2D eigenvalue weighted by Gasteiger charge is -2.34. The third-order valence-electron chi connectivity index (χ3n) is 4.32. The molecule has 0 radical (unpaired) electrons. The van der Waals surface area contributed by atoms with Crippen LogP contribution in [0.25, 0.3) is 0 Å². The highest BCUT2D eigenvalue weighted by Crippen LogP contribution is 2.36. The van der Waals surface area contributed by atoms with E-state index in [1.165, 1.54) is 30.4 Å². The van der Waals surface area contributed by atoms with Crippen molar-refractivity contribution >= 4 is 0 Å². The van der Waals surface area contributed by atoms with Gasteiger partial charge in [-0.1, -0.05) is 24.3 Å². The van der Waals surface area contributed by atoms with Gasteiger partial charge in [-0.05, 0) is 63.5 Å². The van der Waals surface area contributed by atoms with Gasteiger partial charge in [0.2, 0.25) is 0 Å². The van der Waals surface area contributed by atoms with Gasteiger partial charge in [-0.15, -0.1) is 0 Å². The van der Waals surface area contributed by atoms with Crippen molar-refractivity contribution in [2.24, 2.45) is 0 Å². The smallest absolute Gasteiger partial charge is 0.0884 e. The van der Waals surface area contributed by atoms with Gasteiger partial charge in [0.1, 0.15) is 0 Å². The fourth-order valence-corrected chi connectivity index (χ4v) is 3.12. The second-order valence-electron chi connectivity index (χ2n) is 6.08. The molecule has 106 valence electrons. The van der Waals surface area contributed by atoms with Crippen LogP contribution in [0.4, 0.5) is 0 Å². The van der Waals surface area contributed by atoms with Gasteiger partial charge in [-0.2, -0.15) is 0 Å². The molecule has 0 heterocycles. The van der Waals surface area contributed by atoms with Crippen molar-refractivity contribution in [3.8, 4) is 0 Å². The number of aliphatic hydroxyl groups is 1. The van der Waals surface area contributed by atoms with Gasteiger partial charge in [-0.3, -0.25) is 0 Å². The molecule has 0 aliphatic heterocycles. The highest BCUT2D eigenvalue weighted by molar-refractivity contribution is 5.32. The molecular weight excluding hydrogens is 236 g/mol. The van der Waals surface area contributed by atoms with E-state index in [0.29, 0.717) is 12.5 Å². The summed E-state index contributed by atoms with van der Waals surface area (Å²) >= 11 is 0. The van der Waals surface area contributed by atoms with Crippen LogP contribution in [-0.2, 0) is 11.2 Å². The van der Waals surface area contributed by atoms with Crippen molar-refractivity contribution in [3.05, 3.63) is 35.4 Å². The minimum atomic E-state index is -0.457. The van der Waals surface area contributed by atoms with Crippen LogP contribution in [0.5, 0.6) is 0 Å². The Balaban J connectivity index is 2.08. The first-order valence-corrected chi connectivity index (χ1v) is 7.44. The van der Waals surface area contributed by atoms with E-state index in [-0.39, 0.29) is 0 Å². The molecule has 1 N–H and O–H groups in total. The summed E-state index contributed by atoms with van der Waals surface area (Å²) in [6.07, 6.45) is 3.96. The summed E-state index contributed by atoms with van der Waals surface area (Å²) in [6, 6.07) is 8.67. The molecule has 0 spiro atoms. The largest absolute Gasteiger partial charge is 0.390 e. The summed E-state index contributed by atoms with van der Waals surface area (Å²) in [5, 5.41) is 10.5. The first-order chi connectivity index (χ1) is 9.04. The molecular formula is C17H26O2. The number of hydrogen-bond acceptors (Lipinski definition) is 2. The van der Waals surface area contributed by atoms with Crippen LogP contribution in [0.2, 0.25) is 0 Å². The van der Waals surface area contributed by atoms with Gasteiger partial charge >= 0.3 is 0 Å². The van der Waals surface area contributed by atoms with Crippen LogP contribution in [0.1, 0.15) is 57.1 Å². The summed E-state index contributed by atoms with van der Waals surface area (Å²) in [4.78, 5) is 0. The molecule has 0 amide bonds. The zero-order chi connectivity index (χ0) is 13.9. The van der Waals surface area contributed by atoms with E-state index in [1.54, 1.807) is 0 Å². The fraction of sp³-hybridized carbons (Fsp3) is 0.647. The van der Waals surface area contributed by atoms with Crippen molar-refractivity contribution in [3.63, 3.8) is 0 Å². The average Bonchev–Trinajstić information content (AvgIpc) is 2.39. The number of hydrogen-bond donors (Lipinski definition) is 1. The molecule has 0 saturated heterocycles. The SMILES string of the molecule is CCOC(C)(C)C(O)CC1CCCc2ccccc21. The Bertz CT molecular complexity index is 411. The highest BCUT2D eigenvalue weighted by Gasteiger charge is 2.32. The van der Waals surface area contributed by atoms with Gasteiger partial charge in [-0.25, -0.2) is 0 Å². The number of aryl methyl sites for hydroxylation is 1. The molecule has 19 heavy (non-hydrogen) atoms. The number of ether oxygens (including phenoxy) is 1. The van der Waals surface area contributed by atoms with E-state index >= 15 is 0 Å². The molecule has 2 unspecified atom stereocenters. The summed E-state index contributed by atoms with van der Waals surface area (Å²) in [6.45, 7) is 6.58. The average molecular weight is 262 g/mol. The van der Waals surface area contributed by atoms with E-state index in [1.807, 2.05) is 20.8 Å². The maximum atomic E-state index is 10.5. The molecule has 0 fully saturated rings. The van der Waals surface area contributed by atoms with E-state index < -0.39 is 11.7 Å². The second-order valence-corrected chi connectivity index (χ2v) is 6.08. The Morgan fingerprint density at radius 3 is 2.84 bits per heavy atom. The maximum Gasteiger partial charge on any atom is 0.0884 e. The molecule has 0 saturated carbocycles. The number of fused-ring (bicyclic) bond motifs is 1. The zero-order valence-electron chi connectivity index (χ0n) is 12.4. The topological polar surface area (TPSA) is 29.5 Å². The van der Waals surface area contributed by atoms with Gasteiger partial charge in [0, 0.05) is 6.61 Å². The van der Waals surface area contributed by atoms with E-state index in [9.17, 15) is 5.11 Å². The lowest BCUT2D eigenvalue weighted by atomic mass is 9.78. The monoisotopic (exact) mass is 262 g/mol. The quantitative estimate of drug-likeness (QED) is 0.877. The number of rotatable bonds is 5. The highest BCUT2D eigenvalue weighted by atomic mass is 16.5. The van der Waals surface area contributed by atoms with Crippen molar-refractivity contribution in [2.75, 3.05) is 6.61 Å². The summed E-state index contributed by atoms with van der Waals surface area (Å²) in [5.41, 5.74) is 2.43. The zero-order valence-corrected chi connectivity index (χ0v) is 12.4. The summed E-state index contributed by atoms with van der Waals surface area (Å²) in [7, 11) is 0. The van der Waals surface area contributed by atoms with E-state index in [0.717, 1.165) is 6.42 Å². The van der Waals surface area contributed by atoms with Gasteiger partial charge < -0.3 is 9.84 Å². The van der Waals surface area contributed by atoms with Crippen LogP contribution in [-0.4, -0.2) is 23.4 Å². The van der Waals surface area contributed by atoms with Gasteiger partial charge in [0.05, 0.1) is 11.7 Å². The lowest BCUT2D eigenvalue weighted by Crippen LogP contribution is -2.40. The third kappa shape index (κ3) is 3.37. The second kappa shape index (κ2) is 6.06. The van der Waals surface area contributed by atoms with E-state index in [4.69, 9.17) is 4.74 Å². The van der Waals surface area contributed by atoms with Crippen molar-refractivity contribution in [1.82, 2.24) is 0 Å². The molecule has 1 aromatic rings. The van der Waals surface area contributed by atoms with Crippen LogP contribution in [0.3, 0.4) is 0 Å². The normalized spacial score (nSPS) is 20.9. The number of aliphatic hydroxyl groups excluding tert-OH is 1. The van der Waals surface area contributed by atoms with Crippen LogP contribution >= 0.6 is 0 Å². The minimum absolute atomic E-state index is 0.413. The van der Waals surface area contributed by atoms with Crippen molar-refractivity contribution in [2.45, 2.75) is 64.1 Å². The summed E-state index contributed by atoms with van der Waals surface area (Å²) in [5.74, 6) is 0.472. The predicted molar refractivity (Wildman–Crippen MR) is 78.4 cm³/mol. The molecule has 2 heteroatoms. The molecule has 1 aliphatic rings. The van der Waals surface area contributed by atoms with Gasteiger partial charge in [0.25, 0.3) is 0 Å². The van der Waals surface area contributed by atoms with Crippen LogP contribution < -0.4 is 0 Å². The summed E-state index contributed by atoms with van der Waals surface area (Å²) < 4.78 is 5.67. The Kier molecular flexibility index (Phi) is 4.64. The number of benzene rings is 1. The lowest BCUT2D eigenvalue weighted by molar-refractivity contribution is -0.101. The molecule has 2 nitrogen and oxygen atoms in total. The van der Waals surface area contributed by atoms with Crippen LogP contribution in [0.15, 0.2) is 24.3 Å². The fourth-order valence-electron chi connectivity index (χ4n) is 3.12. The van der Waals surface area contributed by atoms with Crippen molar-refractivity contribution < 1.29 is 9.84 Å². The molecule has 2 rings (SSSR count). The molecule has 1 aliphatic carbocycles. The first-order valence-electron chi connectivity index (χ1n) is 7.44. The molecule has 1 aromatic carbocycles. The van der Waals surface area contributed by atoms with Crippen molar-refractivity contribution in [1.29, 1.82) is 0 Å². The first kappa shape index (κ1) is 14.5. The van der Waals surface area contributed by atoms with Crippen LogP contribution in [0, 0.1) is 0 Å². The van der Waals surface area contributed by atoms with Gasteiger partial charge in [0.15, 0.2) is 0 Å².